The number of hydrogen-bond donors (Lipinski definition) is 2. The molecule has 0 amide bonds. The van der Waals surface area contributed by atoms with Gasteiger partial charge >= 0.3 is 5.97 Å². The summed E-state index contributed by atoms with van der Waals surface area (Å²) in [4.78, 5) is 18.0. The lowest BCUT2D eigenvalue weighted by Gasteiger charge is -2.29. The number of aromatic amines is 1. The number of aromatic carboxylic acids is 1. The Labute approximate surface area is 161 Å². The molecule has 4 aromatic rings. The Bertz CT molecular complexity index is 1190. The molecule has 0 saturated heterocycles. The van der Waals surface area contributed by atoms with Gasteiger partial charge in [0.1, 0.15) is 11.4 Å². The number of carbonyl (C=O) groups is 1. The van der Waals surface area contributed by atoms with Crippen molar-refractivity contribution in [2.45, 2.75) is 13.0 Å². The van der Waals surface area contributed by atoms with E-state index in [1.807, 2.05) is 23.1 Å². The minimum atomic E-state index is -0.963. The van der Waals surface area contributed by atoms with Crippen LogP contribution in [0, 0.1) is 0 Å². The van der Waals surface area contributed by atoms with Crippen molar-refractivity contribution in [3.05, 3.63) is 77.6 Å². The average Bonchev–Trinajstić information content (AvgIpc) is 3.16. The van der Waals surface area contributed by atoms with Crippen LogP contribution in [-0.4, -0.2) is 32.8 Å². The molecule has 2 aromatic carbocycles. The van der Waals surface area contributed by atoms with Gasteiger partial charge in [0.2, 0.25) is 0 Å². The molecule has 6 nitrogen and oxygen atoms in total. The molecule has 1 aliphatic heterocycles. The van der Waals surface area contributed by atoms with E-state index in [2.05, 4.69) is 39.4 Å². The van der Waals surface area contributed by atoms with Crippen molar-refractivity contribution >= 4 is 22.6 Å². The molecule has 0 bridgehead atoms. The summed E-state index contributed by atoms with van der Waals surface area (Å²) in [6, 6.07) is 17.7. The number of H-pyrrole nitrogens is 1. The van der Waals surface area contributed by atoms with Gasteiger partial charge in [-0.05, 0) is 22.9 Å². The molecular formula is C22H18N4O2. The second-order valence-corrected chi connectivity index (χ2v) is 6.91. The molecule has 0 spiro atoms. The maximum Gasteiger partial charge on any atom is 0.339 e. The average molecular weight is 370 g/mol. The number of carboxylic acid groups (broad SMARTS) is 1. The molecule has 2 N–H and O–H groups in total. The Morgan fingerprint density at radius 2 is 1.93 bits per heavy atom. The molecule has 0 saturated carbocycles. The molecule has 2 aromatic heterocycles. The van der Waals surface area contributed by atoms with Crippen molar-refractivity contribution in [3.8, 4) is 11.3 Å². The fourth-order valence-corrected chi connectivity index (χ4v) is 3.95. The Balaban J connectivity index is 1.59. The Hall–Kier alpha value is -3.67. The zero-order valence-corrected chi connectivity index (χ0v) is 15.1. The van der Waals surface area contributed by atoms with E-state index in [1.54, 1.807) is 18.3 Å². The summed E-state index contributed by atoms with van der Waals surface area (Å²) in [5.41, 5.74) is 4.43. The first-order valence-corrected chi connectivity index (χ1v) is 9.20. The molecule has 0 aliphatic carbocycles. The van der Waals surface area contributed by atoms with Gasteiger partial charge in [-0.25, -0.2) is 9.78 Å². The van der Waals surface area contributed by atoms with E-state index in [0.717, 1.165) is 34.3 Å². The number of benzene rings is 2. The highest BCUT2D eigenvalue weighted by Crippen LogP contribution is 2.34. The van der Waals surface area contributed by atoms with E-state index < -0.39 is 5.97 Å². The van der Waals surface area contributed by atoms with E-state index >= 15 is 0 Å². The molecule has 3 heterocycles. The first-order chi connectivity index (χ1) is 13.7. The predicted molar refractivity (Wildman–Crippen MR) is 107 cm³/mol. The molecule has 1 aliphatic rings. The van der Waals surface area contributed by atoms with Gasteiger partial charge in [-0.15, -0.1) is 0 Å². The van der Waals surface area contributed by atoms with E-state index in [1.165, 1.54) is 5.39 Å². The molecule has 0 atom stereocenters. The number of rotatable bonds is 3. The van der Waals surface area contributed by atoms with Crippen molar-refractivity contribution < 1.29 is 9.90 Å². The van der Waals surface area contributed by atoms with Crippen LogP contribution in [-0.2, 0) is 13.0 Å². The van der Waals surface area contributed by atoms with E-state index in [-0.39, 0.29) is 5.56 Å². The van der Waals surface area contributed by atoms with E-state index in [0.29, 0.717) is 18.9 Å². The monoisotopic (exact) mass is 370 g/mol. The Morgan fingerprint density at radius 3 is 2.82 bits per heavy atom. The summed E-state index contributed by atoms with van der Waals surface area (Å²) in [6.07, 6.45) is 2.40. The summed E-state index contributed by atoms with van der Waals surface area (Å²) in [7, 11) is 0. The minimum absolute atomic E-state index is 0.223. The van der Waals surface area contributed by atoms with Gasteiger partial charge in [0.05, 0.1) is 5.69 Å². The number of hydrogen-bond acceptors (Lipinski definition) is 4. The van der Waals surface area contributed by atoms with E-state index in [4.69, 9.17) is 0 Å². The quantitative estimate of drug-likeness (QED) is 0.572. The van der Waals surface area contributed by atoms with Crippen LogP contribution in [0.15, 0.2) is 60.8 Å². The number of fused-ring (bicyclic) bond motifs is 2. The molecule has 28 heavy (non-hydrogen) atoms. The highest BCUT2D eigenvalue weighted by molar-refractivity contribution is 5.97. The number of anilines is 1. The van der Waals surface area contributed by atoms with Gasteiger partial charge in [0, 0.05) is 42.5 Å². The fraction of sp³-hybridized carbons (Fsp3) is 0.136. The Kier molecular flexibility index (Phi) is 3.83. The number of nitrogens with one attached hydrogen (secondary N) is 1. The van der Waals surface area contributed by atoms with Gasteiger partial charge in [-0.3, -0.25) is 5.10 Å². The van der Waals surface area contributed by atoms with Gasteiger partial charge in [0.15, 0.2) is 0 Å². The maximum absolute atomic E-state index is 11.6. The normalized spacial score (nSPS) is 13.5. The summed E-state index contributed by atoms with van der Waals surface area (Å²) in [6.45, 7) is 1.27. The summed E-state index contributed by atoms with van der Waals surface area (Å²) < 4.78 is 0. The smallest absolute Gasteiger partial charge is 0.339 e. The lowest BCUT2D eigenvalue weighted by Crippen LogP contribution is -2.32. The topological polar surface area (TPSA) is 82.1 Å². The van der Waals surface area contributed by atoms with Crippen LogP contribution in [0.3, 0.4) is 0 Å². The SMILES string of the molecule is O=C(O)c1cccnc1N1CCc2[nH]nc(-c3cccc4ccccc34)c2C1. The van der Waals surface area contributed by atoms with Crippen molar-refractivity contribution in [1.82, 2.24) is 15.2 Å². The molecule has 0 unspecified atom stereocenters. The highest BCUT2D eigenvalue weighted by atomic mass is 16.4. The van der Waals surface area contributed by atoms with Crippen LogP contribution in [0.4, 0.5) is 5.82 Å². The highest BCUT2D eigenvalue weighted by Gasteiger charge is 2.26. The van der Waals surface area contributed by atoms with Gasteiger partial charge in [-0.1, -0.05) is 42.5 Å². The number of carboxylic acids is 1. The molecular weight excluding hydrogens is 352 g/mol. The second-order valence-electron chi connectivity index (χ2n) is 6.91. The third-order valence-electron chi connectivity index (χ3n) is 5.29. The van der Waals surface area contributed by atoms with Crippen LogP contribution in [0.25, 0.3) is 22.0 Å². The van der Waals surface area contributed by atoms with Crippen molar-refractivity contribution in [1.29, 1.82) is 0 Å². The minimum Gasteiger partial charge on any atom is -0.478 e. The predicted octanol–water partition coefficient (Wildman–Crippen LogP) is 3.89. The van der Waals surface area contributed by atoms with Crippen LogP contribution in [0.1, 0.15) is 21.6 Å². The first-order valence-electron chi connectivity index (χ1n) is 9.20. The number of pyridine rings is 1. The molecule has 0 fully saturated rings. The van der Waals surface area contributed by atoms with Gasteiger partial charge in [0.25, 0.3) is 0 Å². The van der Waals surface area contributed by atoms with Crippen molar-refractivity contribution in [2.75, 3.05) is 11.4 Å². The number of aromatic nitrogens is 3. The van der Waals surface area contributed by atoms with E-state index in [9.17, 15) is 9.90 Å². The lowest BCUT2D eigenvalue weighted by atomic mass is 9.96. The van der Waals surface area contributed by atoms with Crippen LogP contribution in [0.2, 0.25) is 0 Å². The molecule has 5 rings (SSSR count). The third kappa shape index (κ3) is 2.62. The van der Waals surface area contributed by atoms with Gasteiger partial charge < -0.3 is 10.0 Å². The van der Waals surface area contributed by atoms with Gasteiger partial charge in [-0.2, -0.15) is 5.10 Å². The van der Waals surface area contributed by atoms with Crippen molar-refractivity contribution in [2.24, 2.45) is 0 Å². The van der Waals surface area contributed by atoms with Crippen molar-refractivity contribution in [3.63, 3.8) is 0 Å². The van der Waals surface area contributed by atoms with Crippen LogP contribution in [0.5, 0.6) is 0 Å². The zero-order valence-electron chi connectivity index (χ0n) is 15.1. The first kappa shape index (κ1) is 16.5. The summed E-state index contributed by atoms with van der Waals surface area (Å²) in [5.74, 6) is -0.457. The summed E-state index contributed by atoms with van der Waals surface area (Å²) in [5, 5.41) is 19.6. The summed E-state index contributed by atoms with van der Waals surface area (Å²) >= 11 is 0. The lowest BCUT2D eigenvalue weighted by molar-refractivity contribution is 0.0697. The molecule has 0 radical (unpaired) electrons. The largest absolute Gasteiger partial charge is 0.478 e. The standard InChI is InChI=1S/C22H18N4O2/c27-22(28)17-9-4-11-23-21(17)26-12-10-19-18(13-26)20(25-24-19)16-8-3-6-14-5-1-2-7-15(14)16/h1-9,11H,10,12-13H2,(H,24,25)(H,27,28). The Morgan fingerprint density at radius 1 is 1.07 bits per heavy atom. The van der Waals surface area contributed by atoms with Crippen LogP contribution >= 0.6 is 0 Å². The maximum atomic E-state index is 11.6. The molecule has 138 valence electrons. The number of nitrogens with zero attached hydrogens (tertiary/aromatic N) is 3. The fourth-order valence-electron chi connectivity index (χ4n) is 3.95. The molecule has 6 heteroatoms. The zero-order chi connectivity index (χ0) is 19.1. The third-order valence-corrected chi connectivity index (χ3v) is 5.29. The second kappa shape index (κ2) is 6.49. The van der Waals surface area contributed by atoms with Crippen LogP contribution < -0.4 is 4.90 Å².